The van der Waals surface area contributed by atoms with E-state index in [0.29, 0.717) is 5.92 Å². The Labute approximate surface area is 241 Å². The van der Waals surface area contributed by atoms with Crippen LogP contribution in [-0.4, -0.2) is 6.71 Å². The highest BCUT2D eigenvalue weighted by molar-refractivity contribution is 8.03. The molecule has 0 fully saturated rings. The van der Waals surface area contributed by atoms with Crippen molar-refractivity contribution in [2.45, 2.75) is 18.2 Å². The van der Waals surface area contributed by atoms with Crippen molar-refractivity contribution in [2.24, 2.45) is 5.92 Å². The Kier molecular flexibility index (Phi) is 5.60. The molecule has 1 unspecified atom stereocenters. The van der Waals surface area contributed by atoms with Crippen molar-refractivity contribution < 1.29 is 0 Å². The molecule has 0 saturated carbocycles. The van der Waals surface area contributed by atoms with Crippen molar-refractivity contribution in [2.75, 3.05) is 4.90 Å². The number of anilines is 3. The first-order valence-electron chi connectivity index (χ1n) is 14.1. The Hall–Kier alpha value is -4.21. The van der Waals surface area contributed by atoms with E-state index in [2.05, 4.69) is 145 Å². The van der Waals surface area contributed by atoms with Gasteiger partial charge in [-0.25, -0.2) is 0 Å². The average molecular weight is 530 g/mol. The van der Waals surface area contributed by atoms with E-state index in [1.807, 2.05) is 11.8 Å². The summed E-state index contributed by atoms with van der Waals surface area (Å²) in [6.07, 6.45) is 5.88. The number of hydrogen-bond acceptors (Lipinski definition) is 2. The summed E-state index contributed by atoms with van der Waals surface area (Å²) in [6, 6.07) is 44.5. The highest BCUT2D eigenvalue weighted by atomic mass is 32.2. The number of thioether (sulfide) groups is 1. The third kappa shape index (κ3) is 3.80. The molecule has 0 saturated heterocycles. The maximum atomic E-state index is 2.49. The second-order valence-corrected chi connectivity index (χ2v) is 12.1. The van der Waals surface area contributed by atoms with Crippen LogP contribution in [0.25, 0.3) is 22.3 Å². The van der Waals surface area contributed by atoms with E-state index in [0.717, 1.165) is 6.42 Å². The zero-order valence-corrected chi connectivity index (χ0v) is 23.2. The minimum atomic E-state index is 0.287. The van der Waals surface area contributed by atoms with Crippen LogP contribution >= 0.6 is 11.8 Å². The molecular weight excluding hydrogens is 501 g/mol. The first-order chi connectivity index (χ1) is 19.7. The minimum Gasteiger partial charge on any atom is -0.311 e. The van der Waals surface area contributed by atoms with Gasteiger partial charge in [0.05, 0.1) is 0 Å². The molecule has 2 aliphatic heterocycles. The summed E-state index contributed by atoms with van der Waals surface area (Å²) in [7, 11) is 0. The number of allylic oxidation sites excluding steroid dienone is 3. The molecule has 1 atom stereocenters. The molecule has 1 aliphatic carbocycles. The molecule has 0 N–H and O–H groups in total. The van der Waals surface area contributed by atoms with Crippen LogP contribution in [0.1, 0.15) is 13.3 Å². The number of hydrogen-bond donors (Lipinski definition) is 0. The lowest BCUT2D eigenvalue weighted by atomic mass is 9.33. The molecule has 0 aromatic heterocycles. The Balaban J connectivity index is 1.38. The van der Waals surface area contributed by atoms with E-state index < -0.39 is 0 Å². The van der Waals surface area contributed by atoms with Crippen LogP contribution in [0.15, 0.2) is 149 Å². The smallest absolute Gasteiger partial charge is 0.245 e. The van der Waals surface area contributed by atoms with Gasteiger partial charge in [-0.05, 0) is 81.9 Å². The van der Waals surface area contributed by atoms with Crippen LogP contribution in [0.4, 0.5) is 17.1 Å². The molecule has 1 nitrogen and oxygen atoms in total. The van der Waals surface area contributed by atoms with Gasteiger partial charge in [-0.15, -0.1) is 0 Å². The summed E-state index contributed by atoms with van der Waals surface area (Å²) in [5, 5.41) is 0. The first-order valence-corrected chi connectivity index (χ1v) is 14.9. The van der Waals surface area contributed by atoms with Gasteiger partial charge in [0, 0.05) is 26.9 Å². The maximum absolute atomic E-state index is 2.49. The van der Waals surface area contributed by atoms with Gasteiger partial charge in [0.25, 0.3) is 0 Å². The fourth-order valence-electron chi connectivity index (χ4n) is 6.64. The molecule has 5 aromatic rings. The topological polar surface area (TPSA) is 3.24 Å². The summed E-state index contributed by atoms with van der Waals surface area (Å²) in [6.45, 7) is 2.63. The van der Waals surface area contributed by atoms with Crippen LogP contribution < -0.4 is 15.8 Å². The van der Waals surface area contributed by atoms with Crippen molar-refractivity contribution in [3.8, 4) is 22.3 Å². The van der Waals surface area contributed by atoms with Gasteiger partial charge < -0.3 is 4.90 Å². The third-order valence-corrected chi connectivity index (χ3v) is 9.63. The van der Waals surface area contributed by atoms with Crippen LogP contribution in [-0.2, 0) is 0 Å². The van der Waals surface area contributed by atoms with Crippen LogP contribution in [0.5, 0.6) is 0 Å². The molecule has 40 heavy (non-hydrogen) atoms. The monoisotopic (exact) mass is 529 g/mol. The van der Waals surface area contributed by atoms with Crippen molar-refractivity contribution >= 4 is 46.5 Å². The van der Waals surface area contributed by atoms with Crippen LogP contribution in [0.2, 0.25) is 0 Å². The molecule has 0 bridgehead atoms. The van der Waals surface area contributed by atoms with Gasteiger partial charge in [-0.2, -0.15) is 0 Å². The second-order valence-electron chi connectivity index (χ2n) is 11.0. The maximum Gasteiger partial charge on any atom is 0.245 e. The van der Waals surface area contributed by atoms with E-state index >= 15 is 0 Å². The van der Waals surface area contributed by atoms with E-state index in [9.17, 15) is 0 Å². The normalized spacial score (nSPS) is 16.9. The van der Waals surface area contributed by atoms with E-state index in [-0.39, 0.29) is 6.71 Å². The molecule has 5 aromatic carbocycles. The predicted molar refractivity (Wildman–Crippen MR) is 173 cm³/mol. The van der Waals surface area contributed by atoms with Crippen molar-refractivity contribution in [3.05, 3.63) is 144 Å². The highest BCUT2D eigenvalue weighted by Crippen LogP contribution is 2.48. The fraction of sp³-hybridized carbons (Fsp3) is 0.0811. The second kappa shape index (κ2) is 9.47. The highest BCUT2D eigenvalue weighted by Gasteiger charge is 2.42. The van der Waals surface area contributed by atoms with Crippen molar-refractivity contribution in [1.82, 2.24) is 0 Å². The quantitative estimate of drug-likeness (QED) is 0.215. The summed E-state index contributed by atoms with van der Waals surface area (Å²) in [5.41, 5.74) is 13.2. The molecule has 0 amide bonds. The fourth-order valence-corrected chi connectivity index (χ4v) is 7.87. The Bertz CT molecular complexity index is 1820. The van der Waals surface area contributed by atoms with Crippen LogP contribution in [0, 0.1) is 5.92 Å². The predicted octanol–water partition coefficient (Wildman–Crippen LogP) is 8.91. The molecule has 0 radical (unpaired) electrons. The summed E-state index contributed by atoms with van der Waals surface area (Å²) in [5.74, 6) is 0.559. The number of fused-ring (bicyclic) bond motifs is 3. The SMILES string of the molecule is CC1C=CC2=C(C1)B1c3ccccc3N(c3ccccc3)c3cc(-c4cccc(-c5ccccc5)c4)cc(c31)S2. The minimum absolute atomic E-state index is 0.287. The molecule has 2 heterocycles. The molecule has 190 valence electrons. The number of benzene rings is 5. The number of nitrogens with zero attached hydrogens (tertiary/aromatic N) is 1. The third-order valence-electron chi connectivity index (χ3n) is 8.46. The van der Waals surface area contributed by atoms with Gasteiger partial charge in [-0.3, -0.25) is 0 Å². The van der Waals surface area contributed by atoms with Crippen LogP contribution in [0.3, 0.4) is 0 Å². The molecular formula is C37H28BNS. The average Bonchev–Trinajstić information content (AvgIpc) is 3.02. The van der Waals surface area contributed by atoms with Crippen molar-refractivity contribution in [3.63, 3.8) is 0 Å². The Morgan fingerprint density at radius 1 is 0.675 bits per heavy atom. The van der Waals surface area contributed by atoms with Gasteiger partial charge in [0.15, 0.2) is 0 Å². The van der Waals surface area contributed by atoms with Gasteiger partial charge in [0.1, 0.15) is 0 Å². The van der Waals surface area contributed by atoms with E-state index in [1.165, 1.54) is 60.0 Å². The lowest BCUT2D eigenvalue weighted by Crippen LogP contribution is -2.54. The van der Waals surface area contributed by atoms with E-state index in [1.54, 1.807) is 5.47 Å². The molecule has 3 aliphatic rings. The lowest BCUT2D eigenvalue weighted by molar-refractivity contribution is 0.724. The van der Waals surface area contributed by atoms with Gasteiger partial charge in [-0.1, -0.05) is 121 Å². The number of para-hydroxylation sites is 2. The lowest BCUT2D eigenvalue weighted by Gasteiger charge is -2.42. The molecule has 8 rings (SSSR count). The zero-order chi connectivity index (χ0) is 26.6. The summed E-state index contributed by atoms with van der Waals surface area (Å²) in [4.78, 5) is 5.29. The largest absolute Gasteiger partial charge is 0.311 e. The number of rotatable bonds is 3. The molecule has 0 spiro atoms. The Morgan fingerprint density at radius 3 is 2.20 bits per heavy atom. The summed E-state index contributed by atoms with van der Waals surface area (Å²) < 4.78 is 0. The van der Waals surface area contributed by atoms with Crippen molar-refractivity contribution in [1.29, 1.82) is 0 Å². The summed E-state index contributed by atoms with van der Waals surface area (Å²) >= 11 is 1.96. The standard InChI is InChI=1S/C37H28BNS/c1-25-19-20-35-32(21-25)38-31-17-8-9-18-33(31)39(30-15-6-3-7-16-30)34-23-29(24-36(40-35)37(34)38)28-14-10-13-27(22-28)26-11-4-2-5-12-26/h2-20,22-25H,21H2,1H3. The van der Waals surface area contributed by atoms with Gasteiger partial charge in [0.2, 0.25) is 6.71 Å². The zero-order valence-electron chi connectivity index (χ0n) is 22.4. The Morgan fingerprint density at radius 2 is 1.38 bits per heavy atom. The van der Waals surface area contributed by atoms with E-state index in [4.69, 9.17) is 0 Å². The molecule has 3 heteroatoms. The van der Waals surface area contributed by atoms with Gasteiger partial charge >= 0.3 is 0 Å². The first kappa shape index (κ1) is 23.7.